The molecular formula is C11H17N3O2. The predicted octanol–water partition coefficient (Wildman–Crippen LogP) is 0.210. The number of aryl methyl sites for hydroxylation is 1. The molecule has 0 saturated carbocycles. The highest BCUT2D eigenvalue weighted by molar-refractivity contribution is 5.76. The first-order valence-corrected chi connectivity index (χ1v) is 5.50. The number of nitrogens with zero attached hydrogens (tertiary/aromatic N) is 3. The fourth-order valence-corrected chi connectivity index (χ4v) is 1.99. The zero-order valence-electron chi connectivity index (χ0n) is 9.72. The Morgan fingerprint density at radius 2 is 2.50 bits per heavy atom. The van der Waals surface area contributed by atoms with Crippen LogP contribution >= 0.6 is 0 Å². The minimum atomic E-state index is -0.119. The Morgan fingerprint density at radius 1 is 1.69 bits per heavy atom. The van der Waals surface area contributed by atoms with Gasteiger partial charge in [0.15, 0.2) is 0 Å². The second-order valence-corrected chi connectivity index (χ2v) is 4.07. The Labute approximate surface area is 95.0 Å². The van der Waals surface area contributed by atoms with E-state index in [-0.39, 0.29) is 12.0 Å². The van der Waals surface area contributed by atoms with Crippen molar-refractivity contribution in [2.45, 2.75) is 18.9 Å². The molecule has 0 spiro atoms. The molecule has 0 bridgehead atoms. The molecule has 0 aliphatic carbocycles. The lowest BCUT2D eigenvalue weighted by Gasteiger charge is -2.38. The topological polar surface area (TPSA) is 47.4 Å². The van der Waals surface area contributed by atoms with Gasteiger partial charge in [-0.15, -0.1) is 0 Å². The normalized spacial score (nSPS) is 20.5. The lowest BCUT2D eigenvalue weighted by Crippen LogP contribution is -2.53. The Kier molecular flexibility index (Phi) is 3.24. The molecule has 1 atom stereocenters. The molecular weight excluding hydrogens is 206 g/mol. The van der Waals surface area contributed by atoms with Crippen LogP contribution in [0.3, 0.4) is 0 Å². The first-order valence-electron chi connectivity index (χ1n) is 5.50. The van der Waals surface area contributed by atoms with Crippen molar-refractivity contribution in [3.63, 3.8) is 0 Å². The van der Waals surface area contributed by atoms with Gasteiger partial charge in [-0.2, -0.15) is 0 Å². The number of methoxy groups -OCH3 is 1. The smallest absolute Gasteiger partial charge is 0.323 e. The van der Waals surface area contributed by atoms with E-state index in [4.69, 9.17) is 4.74 Å². The van der Waals surface area contributed by atoms with Crippen LogP contribution < -0.4 is 0 Å². The number of imidazole rings is 1. The van der Waals surface area contributed by atoms with E-state index < -0.39 is 0 Å². The minimum absolute atomic E-state index is 0.0368. The Morgan fingerprint density at radius 3 is 3.00 bits per heavy atom. The number of rotatable bonds is 4. The van der Waals surface area contributed by atoms with Gasteiger partial charge in [-0.3, -0.25) is 9.69 Å². The van der Waals surface area contributed by atoms with Gasteiger partial charge in [0.2, 0.25) is 0 Å². The van der Waals surface area contributed by atoms with Crippen LogP contribution in [0.5, 0.6) is 0 Å². The number of hydrogen-bond donors (Lipinski definition) is 0. The molecule has 1 saturated heterocycles. The molecule has 1 unspecified atom stereocenters. The predicted molar refractivity (Wildman–Crippen MR) is 58.9 cm³/mol. The summed E-state index contributed by atoms with van der Waals surface area (Å²) in [6.45, 7) is 1.84. The first-order chi connectivity index (χ1) is 7.72. The molecule has 2 heterocycles. The molecule has 1 aromatic rings. The summed E-state index contributed by atoms with van der Waals surface area (Å²) in [4.78, 5) is 17.7. The third-order valence-electron chi connectivity index (χ3n) is 3.15. The number of aromatic nitrogens is 2. The monoisotopic (exact) mass is 223 g/mol. The van der Waals surface area contributed by atoms with Gasteiger partial charge in [0.05, 0.1) is 7.11 Å². The van der Waals surface area contributed by atoms with Gasteiger partial charge in [-0.1, -0.05) is 0 Å². The Bertz CT molecular complexity index is 375. The van der Waals surface area contributed by atoms with Gasteiger partial charge in [0, 0.05) is 39.0 Å². The summed E-state index contributed by atoms with van der Waals surface area (Å²) in [6, 6.07) is -0.0368. The van der Waals surface area contributed by atoms with E-state index in [1.807, 2.05) is 17.8 Å². The zero-order valence-corrected chi connectivity index (χ0v) is 9.72. The second-order valence-electron chi connectivity index (χ2n) is 4.07. The van der Waals surface area contributed by atoms with Crippen molar-refractivity contribution in [3.8, 4) is 0 Å². The van der Waals surface area contributed by atoms with Crippen molar-refractivity contribution < 1.29 is 9.53 Å². The van der Waals surface area contributed by atoms with Crippen molar-refractivity contribution in [2.75, 3.05) is 20.2 Å². The molecule has 5 nitrogen and oxygen atoms in total. The zero-order chi connectivity index (χ0) is 11.5. The molecule has 5 heteroatoms. The van der Waals surface area contributed by atoms with Gasteiger partial charge >= 0.3 is 5.97 Å². The van der Waals surface area contributed by atoms with Crippen LogP contribution in [0.2, 0.25) is 0 Å². The van der Waals surface area contributed by atoms with E-state index >= 15 is 0 Å². The lowest BCUT2D eigenvalue weighted by atomic mass is 10.0. The molecule has 0 aromatic carbocycles. The highest BCUT2D eigenvalue weighted by atomic mass is 16.5. The SMILES string of the molecule is COC(=O)C1CCN1CCc1nccn1C. The van der Waals surface area contributed by atoms with E-state index in [1.54, 1.807) is 6.20 Å². The van der Waals surface area contributed by atoms with Crippen LogP contribution in [0, 0.1) is 0 Å². The second kappa shape index (κ2) is 4.65. The summed E-state index contributed by atoms with van der Waals surface area (Å²) < 4.78 is 6.75. The number of hydrogen-bond acceptors (Lipinski definition) is 4. The number of likely N-dealkylation sites (tertiary alicyclic amines) is 1. The maximum atomic E-state index is 11.3. The van der Waals surface area contributed by atoms with Crippen molar-refractivity contribution in [1.82, 2.24) is 14.5 Å². The lowest BCUT2D eigenvalue weighted by molar-refractivity contribution is -0.151. The molecule has 16 heavy (non-hydrogen) atoms. The molecule has 88 valence electrons. The molecule has 0 radical (unpaired) electrons. The van der Waals surface area contributed by atoms with Crippen LogP contribution in [-0.2, 0) is 23.0 Å². The standard InChI is InChI=1S/C11H17N3O2/c1-13-8-5-12-10(13)4-7-14-6-3-9(14)11(15)16-2/h5,8-9H,3-4,6-7H2,1-2H3. The molecule has 1 aliphatic heterocycles. The summed E-state index contributed by atoms with van der Waals surface area (Å²) >= 11 is 0. The summed E-state index contributed by atoms with van der Waals surface area (Å²) in [7, 11) is 3.42. The highest BCUT2D eigenvalue weighted by Gasteiger charge is 2.34. The Balaban J connectivity index is 1.83. The fraction of sp³-hybridized carbons (Fsp3) is 0.636. The van der Waals surface area contributed by atoms with E-state index in [2.05, 4.69) is 9.88 Å². The maximum Gasteiger partial charge on any atom is 0.323 e. The van der Waals surface area contributed by atoms with Gasteiger partial charge < -0.3 is 9.30 Å². The van der Waals surface area contributed by atoms with Crippen LogP contribution in [0.1, 0.15) is 12.2 Å². The molecule has 1 fully saturated rings. The van der Waals surface area contributed by atoms with E-state index in [0.717, 1.165) is 31.8 Å². The summed E-state index contributed by atoms with van der Waals surface area (Å²) in [6.07, 6.45) is 5.51. The largest absolute Gasteiger partial charge is 0.468 e. The van der Waals surface area contributed by atoms with Crippen LogP contribution in [0.4, 0.5) is 0 Å². The molecule has 2 rings (SSSR count). The minimum Gasteiger partial charge on any atom is -0.468 e. The third kappa shape index (κ3) is 2.09. The Hall–Kier alpha value is -1.36. The van der Waals surface area contributed by atoms with E-state index in [0.29, 0.717) is 0 Å². The van der Waals surface area contributed by atoms with Crippen LogP contribution in [-0.4, -0.2) is 46.7 Å². The fourth-order valence-electron chi connectivity index (χ4n) is 1.99. The average molecular weight is 223 g/mol. The quantitative estimate of drug-likeness (QED) is 0.685. The van der Waals surface area contributed by atoms with Gasteiger partial charge in [-0.05, 0) is 6.42 Å². The van der Waals surface area contributed by atoms with E-state index in [1.165, 1.54) is 7.11 Å². The van der Waals surface area contributed by atoms with Gasteiger partial charge in [0.25, 0.3) is 0 Å². The third-order valence-corrected chi connectivity index (χ3v) is 3.15. The molecule has 1 aromatic heterocycles. The summed E-state index contributed by atoms with van der Waals surface area (Å²) in [5.74, 6) is 0.932. The van der Waals surface area contributed by atoms with Gasteiger partial charge in [-0.25, -0.2) is 4.98 Å². The average Bonchev–Trinajstić information content (AvgIpc) is 2.63. The van der Waals surface area contributed by atoms with Crippen LogP contribution in [0.15, 0.2) is 12.4 Å². The van der Waals surface area contributed by atoms with Crippen molar-refractivity contribution in [2.24, 2.45) is 7.05 Å². The molecule has 0 N–H and O–H groups in total. The van der Waals surface area contributed by atoms with Crippen molar-refractivity contribution in [1.29, 1.82) is 0 Å². The first kappa shape index (κ1) is 11.1. The molecule has 1 aliphatic rings. The molecule has 0 amide bonds. The maximum absolute atomic E-state index is 11.3. The number of carbonyl (C=O) groups excluding carboxylic acids is 1. The van der Waals surface area contributed by atoms with E-state index in [9.17, 15) is 4.79 Å². The number of ether oxygens (including phenoxy) is 1. The van der Waals surface area contributed by atoms with Gasteiger partial charge in [0.1, 0.15) is 11.9 Å². The van der Waals surface area contributed by atoms with Crippen molar-refractivity contribution in [3.05, 3.63) is 18.2 Å². The summed E-state index contributed by atoms with van der Waals surface area (Å²) in [5.41, 5.74) is 0. The summed E-state index contributed by atoms with van der Waals surface area (Å²) in [5, 5.41) is 0. The number of carbonyl (C=O) groups is 1. The number of esters is 1. The van der Waals surface area contributed by atoms with Crippen LogP contribution in [0.25, 0.3) is 0 Å². The van der Waals surface area contributed by atoms with Crippen molar-refractivity contribution >= 4 is 5.97 Å². The highest BCUT2D eigenvalue weighted by Crippen LogP contribution is 2.18.